The van der Waals surface area contributed by atoms with Crippen LogP contribution < -0.4 is 11.1 Å². The van der Waals surface area contributed by atoms with Gasteiger partial charge in [-0.25, -0.2) is 0 Å². The van der Waals surface area contributed by atoms with E-state index in [1.54, 1.807) is 18.2 Å². The molecular weight excluding hydrogens is 178 g/mol. The van der Waals surface area contributed by atoms with Crippen molar-refractivity contribution < 1.29 is 5.11 Å². The van der Waals surface area contributed by atoms with Crippen molar-refractivity contribution in [2.24, 2.45) is 0 Å². The second-order valence-corrected chi connectivity index (χ2v) is 3.14. The normalized spacial score (nSPS) is 11.8. The molecule has 0 saturated heterocycles. The quantitative estimate of drug-likeness (QED) is 0.621. The predicted molar refractivity (Wildman–Crippen MR) is 55.7 cm³/mol. The molecule has 1 aromatic rings. The van der Waals surface area contributed by atoms with Crippen LogP contribution in [0.5, 0.6) is 0 Å². The molecule has 0 heterocycles. The van der Waals surface area contributed by atoms with Gasteiger partial charge in [-0.2, -0.15) is 5.26 Å². The lowest BCUT2D eigenvalue weighted by atomic mass is 10.1. The molecule has 4 heteroatoms. The highest BCUT2D eigenvalue weighted by molar-refractivity contribution is 5.62. The first-order valence-corrected chi connectivity index (χ1v) is 4.34. The van der Waals surface area contributed by atoms with E-state index in [4.69, 9.17) is 16.1 Å². The third-order valence-corrected chi connectivity index (χ3v) is 1.86. The van der Waals surface area contributed by atoms with E-state index in [0.717, 1.165) is 5.69 Å². The molecular formula is C10H13N3O. The summed E-state index contributed by atoms with van der Waals surface area (Å²) in [4.78, 5) is 0. The molecule has 0 bridgehead atoms. The Hall–Kier alpha value is -1.73. The maximum atomic E-state index is 8.82. The number of rotatable bonds is 3. The molecule has 0 saturated carbocycles. The summed E-state index contributed by atoms with van der Waals surface area (Å²) in [5.74, 6) is 0. The summed E-state index contributed by atoms with van der Waals surface area (Å²) in [7, 11) is 0. The van der Waals surface area contributed by atoms with E-state index in [1.165, 1.54) is 0 Å². The number of benzene rings is 1. The number of nitrogens with one attached hydrogen (secondary N) is 1. The molecule has 14 heavy (non-hydrogen) atoms. The third-order valence-electron chi connectivity index (χ3n) is 1.86. The fourth-order valence-corrected chi connectivity index (χ4v) is 1.07. The summed E-state index contributed by atoms with van der Waals surface area (Å²) >= 11 is 0. The molecule has 74 valence electrons. The lowest BCUT2D eigenvalue weighted by molar-refractivity contribution is 0.281. The lowest BCUT2D eigenvalue weighted by Gasteiger charge is -2.12. The number of nitrogens with zero attached hydrogens (tertiary/aromatic N) is 1. The van der Waals surface area contributed by atoms with Crippen LogP contribution in [0.4, 0.5) is 11.4 Å². The third kappa shape index (κ3) is 2.38. The minimum atomic E-state index is -0.0369. The molecule has 0 aliphatic rings. The molecule has 1 rings (SSSR count). The summed E-state index contributed by atoms with van der Waals surface area (Å²) in [6.45, 7) is 1.90. The van der Waals surface area contributed by atoms with Crippen molar-refractivity contribution in [2.75, 3.05) is 17.7 Å². The lowest BCUT2D eigenvalue weighted by Crippen LogP contribution is -2.19. The molecule has 0 aliphatic carbocycles. The Kier molecular flexibility index (Phi) is 3.32. The minimum absolute atomic E-state index is 0.0369. The first kappa shape index (κ1) is 10.4. The van der Waals surface area contributed by atoms with Crippen LogP contribution in [0.1, 0.15) is 12.5 Å². The van der Waals surface area contributed by atoms with Gasteiger partial charge < -0.3 is 16.2 Å². The summed E-state index contributed by atoms with van der Waals surface area (Å²) in [5, 5.41) is 20.6. The summed E-state index contributed by atoms with van der Waals surface area (Å²) in [6, 6.07) is 7.08. The van der Waals surface area contributed by atoms with Crippen molar-refractivity contribution in [1.29, 1.82) is 5.26 Å². The first-order valence-electron chi connectivity index (χ1n) is 4.34. The molecule has 0 amide bonds. The number of nitriles is 1. The van der Waals surface area contributed by atoms with Gasteiger partial charge in [0.1, 0.15) is 6.07 Å². The van der Waals surface area contributed by atoms with Crippen LogP contribution in [0.15, 0.2) is 18.2 Å². The van der Waals surface area contributed by atoms with E-state index in [2.05, 4.69) is 5.32 Å². The molecule has 1 aromatic carbocycles. The van der Waals surface area contributed by atoms with Crippen LogP contribution in [0.25, 0.3) is 0 Å². The smallest absolute Gasteiger partial charge is 0.101 e. The molecule has 0 radical (unpaired) electrons. The average molecular weight is 191 g/mol. The van der Waals surface area contributed by atoms with E-state index < -0.39 is 0 Å². The van der Waals surface area contributed by atoms with Gasteiger partial charge in [0.25, 0.3) is 0 Å². The second-order valence-electron chi connectivity index (χ2n) is 3.14. The Bertz CT molecular complexity index is 357. The molecule has 4 nitrogen and oxygen atoms in total. The zero-order chi connectivity index (χ0) is 10.6. The van der Waals surface area contributed by atoms with Crippen molar-refractivity contribution in [3.63, 3.8) is 0 Å². The maximum absolute atomic E-state index is 8.82. The van der Waals surface area contributed by atoms with Gasteiger partial charge in [0.2, 0.25) is 0 Å². The van der Waals surface area contributed by atoms with Gasteiger partial charge in [0, 0.05) is 17.4 Å². The molecule has 4 N–H and O–H groups in total. The average Bonchev–Trinajstić information content (AvgIpc) is 2.20. The maximum Gasteiger partial charge on any atom is 0.101 e. The number of aliphatic hydroxyl groups excluding tert-OH is 1. The second kappa shape index (κ2) is 4.49. The molecule has 1 unspecified atom stereocenters. The number of nitrogens with two attached hydrogens (primary N) is 1. The fourth-order valence-electron chi connectivity index (χ4n) is 1.07. The monoisotopic (exact) mass is 191 g/mol. The van der Waals surface area contributed by atoms with Gasteiger partial charge in [-0.05, 0) is 25.1 Å². The van der Waals surface area contributed by atoms with Gasteiger partial charge in [-0.3, -0.25) is 0 Å². The van der Waals surface area contributed by atoms with Crippen molar-refractivity contribution in [2.45, 2.75) is 13.0 Å². The Labute approximate surface area is 83.0 Å². The number of nitrogen functional groups attached to an aromatic ring is 1. The van der Waals surface area contributed by atoms with E-state index in [1.807, 2.05) is 13.0 Å². The summed E-state index contributed by atoms with van der Waals surface area (Å²) in [6.07, 6.45) is 0. The zero-order valence-electron chi connectivity index (χ0n) is 7.99. The molecule has 1 atom stereocenters. The van der Waals surface area contributed by atoms with E-state index >= 15 is 0 Å². The Balaban J connectivity index is 2.86. The molecule has 0 spiro atoms. The van der Waals surface area contributed by atoms with Crippen LogP contribution in [0, 0.1) is 11.3 Å². The van der Waals surface area contributed by atoms with Crippen molar-refractivity contribution in [1.82, 2.24) is 0 Å². The van der Waals surface area contributed by atoms with Crippen LogP contribution in [-0.4, -0.2) is 17.8 Å². The number of anilines is 2. The molecule has 0 aromatic heterocycles. The summed E-state index contributed by atoms with van der Waals surface area (Å²) < 4.78 is 0. The van der Waals surface area contributed by atoms with Crippen LogP contribution in [-0.2, 0) is 0 Å². The van der Waals surface area contributed by atoms with Gasteiger partial charge in [-0.1, -0.05) is 0 Å². The van der Waals surface area contributed by atoms with E-state index in [9.17, 15) is 0 Å². The van der Waals surface area contributed by atoms with Crippen molar-refractivity contribution in [3.8, 4) is 6.07 Å². The Morgan fingerprint density at radius 3 is 2.93 bits per heavy atom. The highest BCUT2D eigenvalue weighted by Crippen LogP contribution is 2.17. The SMILES string of the molecule is CC(CO)Nc1ccc(N)c(C#N)c1. The first-order chi connectivity index (χ1) is 6.67. The number of hydrogen-bond donors (Lipinski definition) is 3. The van der Waals surface area contributed by atoms with Gasteiger partial charge in [0.15, 0.2) is 0 Å². The number of aliphatic hydroxyl groups is 1. The van der Waals surface area contributed by atoms with Gasteiger partial charge >= 0.3 is 0 Å². The summed E-state index contributed by atoms with van der Waals surface area (Å²) in [5.41, 5.74) is 7.26. The van der Waals surface area contributed by atoms with Gasteiger partial charge in [-0.15, -0.1) is 0 Å². The Morgan fingerprint density at radius 1 is 1.64 bits per heavy atom. The minimum Gasteiger partial charge on any atom is -0.398 e. The van der Waals surface area contributed by atoms with Crippen LogP contribution in [0.2, 0.25) is 0 Å². The van der Waals surface area contributed by atoms with Crippen LogP contribution >= 0.6 is 0 Å². The van der Waals surface area contributed by atoms with Crippen LogP contribution in [0.3, 0.4) is 0 Å². The largest absolute Gasteiger partial charge is 0.398 e. The van der Waals surface area contributed by atoms with Gasteiger partial charge in [0.05, 0.1) is 12.2 Å². The zero-order valence-corrected chi connectivity index (χ0v) is 7.99. The highest BCUT2D eigenvalue weighted by atomic mass is 16.3. The van der Waals surface area contributed by atoms with E-state index in [-0.39, 0.29) is 12.6 Å². The topological polar surface area (TPSA) is 82.1 Å². The fraction of sp³-hybridized carbons (Fsp3) is 0.300. The molecule has 0 aliphatic heterocycles. The van der Waals surface area contributed by atoms with E-state index in [0.29, 0.717) is 11.3 Å². The van der Waals surface area contributed by atoms with Crippen molar-refractivity contribution >= 4 is 11.4 Å². The van der Waals surface area contributed by atoms with Crippen molar-refractivity contribution in [3.05, 3.63) is 23.8 Å². The Morgan fingerprint density at radius 2 is 2.36 bits per heavy atom. The standard InChI is InChI=1S/C10H13N3O/c1-7(6-14)13-9-2-3-10(12)8(4-9)5-11/h2-4,7,13-14H,6,12H2,1H3. The molecule has 0 fully saturated rings. The predicted octanol–water partition coefficient (Wildman–Crippen LogP) is 0.933. The number of hydrogen-bond acceptors (Lipinski definition) is 4. The highest BCUT2D eigenvalue weighted by Gasteiger charge is 2.02.